The molecule has 1 aromatic carbocycles. The maximum absolute atomic E-state index is 13.9. The van der Waals surface area contributed by atoms with Crippen molar-refractivity contribution in [2.24, 2.45) is 7.05 Å². The summed E-state index contributed by atoms with van der Waals surface area (Å²) < 4.78 is 54.8. The van der Waals surface area contributed by atoms with Gasteiger partial charge in [0.05, 0.1) is 31.3 Å². The van der Waals surface area contributed by atoms with Crippen LogP contribution in [0.1, 0.15) is 12.5 Å². The second kappa shape index (κ2) is 10.5. The van der Waals surface area contributed by atoms with E-state index in [0.717, 1.165) is 11.9 Å². The largest absolute Gasteiger partial charge is 0.494 e. The molecule has 5 rings (SSSR count). The van der Waals surface area contributed by atoms with Crippen LogP contribution in [-0.4, -0.2) is 70.7 Å². The van der Waals surface area contributed by atoms with Gasteiger partial charge in [0.1, 0.15) is 22.7 Å². The first-order valence-corrected chi connectivity index (χ1v) is 12.5. The number of benzene rings is 1. The highest BCUT2D eigenvalue weighted by molar-refractivity contribution is 5.82. The van der Waals surface area contributed by atoms with Crippen LogP contribution in [0.5, 0.6) is 11.5 Å². The lowest BCUT2D eigenvalue weighted by atomic mass is 10.1. The number of carbonyl (C=O) groups is 1. The van der Waals surface area contributed by atoms with Crippen molar-refractivity contribution in [2.45, 2.75) is 13.1 Å². The molecule has 0 bridgehead atoms. The Labute approximate surface area is 228 Å². The number of rotatable bonds is 6. The van der Waals surface area contributed by atoms with E-state index >= 15 is 0 Å². The summed E-state index contributed by atoms with van der Waals surface area (Å²) >= 11 is 0. The molecule has 0 atom stereocenters. The van der Waals surface area contributed by atoms with Crippen LogP contribution in [0.3, 0.4) is 0 Å². The Bertz CT molecular complexity index is 1560. The molecule has 10 nitrogen and oxygen atoms in total. The minimum atomic E-state index is -4.67. The number of pyridine rings is 1. The van der Waals surface area contributed by atoms with Crippen molar-refractivity contribution in [3.05, 3.63) is 48.4 Å². The van der Waals surface area contributed by atoms with Crippen LogP contribution in [0.15, 0.2) is 42.9 Å². The molecule has 0 aliphatic carbocycles. The predicted molar refractivity (Wildman–Crippen MR) is 144 cm³/mol. The first kappa shape index (κ1) is 27.0. The summed E-state index contributed by atoms with van der Waals surface area (Å²) in [4.78, 5) is 28.1. The molecule has 1 saturated heterocycles. The van der Waals surface area contributed by atoms with Gasteiger partial charge in [-0.3, -0.25) is 4.79 Å². The average molecular weight is 556 g/mol. The van der Waals surface area contributed by atoms with Gasteiger partial charge in [-0.25, -0.2) is 15.0 Å². The lowest BCUT2D eigenvalue weighted by molar-refractivity contribution is -0.137. The molecule has 0 unspecified atom stereocenters. The van der Waals surface area contributed by atoms with Gasteiger partial charge < -0.3 is 29.2 Å². The fraction of sp³-hybridized carbons (Fsp3) is 0.333. The second-order valence-corrected chi connectivity index (χ2v) is 9.36. The predicted octanol–water partition coefficient (Wildman–Crippen LogP) is 4.48. The van der Waals surface area contributed by atoms with Crippen molar-refractivity contribution in [3.8, 4) is 22.8 Å². The van der Waals surface area contributed by atoms with Gasteiger partial charge in [-0.2, -0.15) is 13.2 Å². The number of fused-ring (bicyclic) bond motifs is 1. The van der Waals surface area contributed by atoms with E-state index in [-0.39, 0.29) is 23.1 Å². The number of carbonyl (C=O) groups excluding carboxylic acids is 1. The third-order valence-corrected chi connectivity index (χ3v) is 6.89. The Morgan fingerprint density at radius 3 is 2.38 bits per heavy atom. The van der Waals surface area contributed by atoms with E-state index < -0.39 is 11.7 Å². The van der Waals surface area contributed by atoms with Gasteiger partial charge in [0.15, 0.2) is 0 Å². The van der Waals surface area contributed by atoms with Crippen molar-refractivity contribution in [1.29, 1.82) is 0 Å². The van der Waals surface area contributed by atoms with Gasteiger partial charge in [0.2, 0.25) is 11.9 Å². The molecule has 3 aromatic heterocycles. The van der Waals surface area contributed by atoms with Gasteiger partial charge in [0.25, 0.3) is 0 Å². The molecule has 0 spiro atoms. The molecular weight excluding hydrogens is 527 g/mol. The molecular formula is C27H28F3N7O3. The fourth-order valence-electron chi connectivity index (χ4n) is 4.76. The van der Waals surface area contributed by atoms with Gasteiger partial charge in [0, 0.05) is 81.8 Å². The monoisotopic (exact) mass is 555 g/mol. The first-order chi connectivity index (χ1) is 19.1. The molecule has 1 aliphatic rings. The minimum absolute atomic E-state index is 0.0270. The highest BCUT2D eigenvalue weighted by atomic mass is 19.4. The number of nitrogens with zero attached hydrogens (tertiary/aromatic N) is 6. The summed E-state index contributed by atoms with van der Waals surface area (Å²) in [6, 6.07) is 6.86. The number of nitrogens with one attached hydrogen (secondary N) is 1. The SMILES string of the molecule is COc1cc(N2CCN(C(C)=O)CC2)c(OC)cc1Nc1ncc(C(F)(F)F)c(-c2cnc3c(ccn3C)c2)n1. The zero-order valence-corrected chi connectivity index (χ0v) is 22.4. The lowest BCUT2D eigenvalue weighted by Crippen LogP contribution is -2.48. The van der Waals surface area contributed by atoms with E-state index in [1.54, 1.807) is 46.9 Å². The molecule has 0 saturated carbocycles. The van der Waals surface area contributed by atoms with Gasteiger partial charge in [-0.15, -0.1) is 0 Å². The van der Waals surface area contributed by atoms with E-state index in [4.69, 9.17) is 9.47 Å². The van der Waals surface area contributed by atoms with E-state index in [2.05, 4.69) is 25.2 Å². The van der Waals surface area contributed by atoms with Crippen LogP contribution >= 0.6 is 0 Å². The number of alkyl halides is 3. The van der Waals surface area contributed by atoms with Gasteiger partial charge in [-0.05, 0) is 12.1 Å². The zero-order chi connectivity index (χ0) is 28.6. The second-order valence-electron chi connectivity index (χ2n) is 9.36. The number of hydrogen-bond donors (Lipinski definition) is 1. The summed E-state index contributed by atoms with van der Waals surface area (Å²) in [5.41, 5.74) is 0.761. The van der Waals surface area contributed by atoms with Crippen molar-refractivity contribution in [3.63, 3.8) is 0 Å². The van der Waals surface area contributed by atoms with Crippen molar-refractivity contribution in [2.75, 3.05) is 50.6 Å². The summed E-state index contributed by atoms with van der Waals surface area (Å²) in [5.74, 6) is 0.908. The van der Waals surface area contributed by atoms with Crippen molar-refractivity contribution >= 4 is 34.3 Å². The third-order valence-electron chi connectivity index (χ3n) is 6.89. The number of anilines is 3. The molecule has 1 fully saturated rings. The number of methoxy groups -OCH3 is 2. The van der Waals surface area contributed by atoms with Crippen LogP contribution in [0.25, 0.3) is 22.3 Å². The number of ether oxygens (including phenoxy) is 2. The van der Waals surface area contributed by atoms with Crippen molar-refractivity contribution in [1.82, 2.24) is 24.4 Å². The maximum Gasteiger partial charge on any atom is 0.419 e. The molecule has 1 N–H and O–H groups in total. The number of amides is 1. The molecule has 4 heterocycles. The van der Waals surface area contributed by atoms with Crippen LogP contribution in [0.4, 0.5) is 30.5 Å². The van der Waals surface area contributed by atoms with E-state index in [9.17, 15) is 18.0 Å². The Morgan fingerprint density at radius 2 is 1.73 bits per heavy atom. The number of piperazine rings is 1. The lowest BCUT2D eigenvalue weighted by Gasteiger charge is -2.36. The van der Waals surface area contributed by atoms with E-state index in [1.807, 2.05) is 7.05 Å². The topological polar surface area (TPSA) is 97.6 Å². The molecule has 40 heavy (non-hydrogen) atoms. The normalized spacial score (nSPS) is 14.0. The summed E-state index contributed by atoms with van der Waals surface area (Å²) in [6.07, 6.45) is -0.763. The van der Waals surface area contributed by atoms with Crippen LogP contribution in [-0.2, 0) is 18.0 Å². The number of aryl methyl sites for hydroxylation is 1. The zero-order valence-electron chi connectivity index (χ0n) is 22.4. The Morgan fingerprint density at radius 1 is 1.00 bits per heavy atom. The van der Waals surface area contributed by atoms with E-state index in [1.165, 1.54) is 20.4 Å². The Hall–Kier alpha value is -4.55. The van der Waals surface area contributed by atoms with Crippen LogP contribution < -0.4 is 19.7 Å². The maximum atomic E-state index is 13.9. The number of hydrogen-bond acceptors (Lipinski definition) is 8. The van der Waals surface area contributed by atoms with E-state index in [0.29, 0.717) is 54.4 Å². The van der Waals surface area contributed by atoms with Crippen molar-refractivity contribution < 1.29 is 27.4 Å². The van der Waals surface area contributed by atoms with Crippen LogP contribution in [0, 0.1) is 0 Å². The molecule has 13 heteroatoms. The summed E-state index contributed by atoms with van der Waals surface area (Å²) in [7, 11) is 4.83. The standard InChI is InChI=1S/C27H28F3N7O3/c1-16(38)36-7-9-37(10-8-36)21-13-22(39-3)20(12-23(21)40-4)33-26-32-15-19(27(28,29)30)24(34-26)18-11-17-5-6-35(2)25(17)31-14-18/h5-6,11-15H,7-10H2,1-4H3,(H,32,33,34). The molecule has 1 aliphatic heterocycles. The fourth-order valence-corrected chi connectivity index (χ4v) is 4.76. The minimum Gasteiger partial charge on any atom is -0.494 e. The molecule has 1 amide bonds. The van der Waals surface area contributed by atoms with Gasteiger partial charge >= 0.3 is 6.18 Å². The number of halogens is 3. The number of aromatic nitrogens is 4. The Balaban J connectivity index is 1.50. The average Bonchev–Trinajstić information content (AvgIpc) is 3.32. The van der Waals surface area contributed by atoms with Crippen LogP contribution in [0.2, 0.25) is 0 Å². The third kappa shape index (κ3) is 5.18. The summed E-state index contributed by atoms with van der Waals surface area (Å²) in [5, 5.41) is 3.68. The quantitative estimate of drug-likeness (QED) is 0.372. The molecule has 210 valence electrons. The first-order valence-electron chi connectivity index (χ1n) is 12.5. The highest BCUT2D eigenvalue weighted by Crippen LogP contribution is 2.41. The molecule has 0 radical (unpaired) electrons. The van der Waals surface area contributed by atoms with Gasteiger partial charge in [-0.1, -0.05) is 0 Å². The smallest absolute Gasteiger partial charge is 0.419 e. The summed E-state index contributed by atoms with van der Waals surface area (Å²) in [6.45, 7) is 3.91. The molecule has 4 aromatic rings. The highest BCUT2D eigenvalue weighted by Gasteiger charge is 2.36. The Kier molecular flexibility index (Phi) is 7.13.